The topological polar surface area (TPSA) is 178 Å². The molecule has 0 heterocycles. The normalized spacial score (nSPS) is 0.800. The summed E-state index contributed by atoms with van der Waals surface area (Å²) < 4.78 is 0. The molecule has 0 aliphatic heterocycles. The smallest absolute Gasteiger partial charge is 0.512 e. The third kappa shape index (κ3) is 278. The minimum atomic E-state index is 0. The molecule has 0 aromatic rings. The van der Waals surface area contributed by atoms with E-state index < -0.39 is 0 Å². The first-order valence-corrected chi connectivity index (χ1v) is 1.34. The molecule has 3 N–H and O–H groups in total. The van der Waals surface area contributed by atoms with Gasteiger partial charge in [-0.15, -0.1) is 0 Å². The van der Waals surface area contributed by atoms with E-state index in [1.54, 1.807) is 0 Å². The van der Waals surface area contributed by atoms with Crippen LogP contribution in [0.5, 0.6) is 0 Å². The zero-order valence-electron chi connectivity index (χ0n) is 7.10. The molecule has 0 aromatic carbocycles. The van der Waals surface area contributed by atoms with E-state index in [-0.39, 0.29) is 40.3 Å². The van der Waals surface area contributed by atoms with E-state index in [9.17, 15) is 0 Å². The molecule has 0 atom stereocenters. The molecule has 0 aliphatic carbocycles. The second kappa shape index (κ2) is 336. The van der Waals surface area contributed by atoms with E-state index in [0.717, 1.165) is 0 Å². The number of rotatable bonds is 0. The molecule has 78 valence electrons. The Kier molecular flexibility index (Phi) is 2670. The van der Waals surface area contributed by atoms with Crippen LogP contribution in [0.25, 0.3) is 0 Å². The summed E-state index contributed by atoms with van der Waals surface area (Å²) >= 11 is 0. The Balaban J connectivity index is -0.00000000396. The Labute approximate surface area is 111 Å². The maximum atomic E-state index is 6.25. The molecule has 0 bridgehead atoms. The fourth-order valence-electron chi connectivity index (χ4n) is 0. The van der Waals surface area contributed by atoms with Crippen molar-refractivity contribution in [2.45, 2.75) is 0 Å². The van der Waals surface area contributed by atoms with E-state index in [2.05, 4.69) is 0 Å². The quantitative estimate of drug-likeness (QED) is 0.503. The molecule has 0 rings (SSSR count). The molecule has 0 amide bonds. The van der Waals surface area contributed by atoms with Crippen molar-refractivity contribution >= 4 is 0 Å². The van der Waals surface area contributed by atoms with E-state index in [1.165, 1.54) is 0 Å². The van der Waals surface area contributed by atoms with E-state index >= 15 is 0 Å². The number of hydrogen-bond acceptors (Lipinski definition) is 7. The first-order chi connectivity index (χ1) is 6.00. The van der Waals surface area contributed by atoms with Gasteiger partial charge in [0, 0.05) is 17.1 Å². The van der Waals surface area contributed by atoms with Crippen LogP contribution in [0, 0.1) is 71.0 Å². The van der Waals surface area contributed by atoms with Crippen LogP contribution in [-0.4, -0.2) is 0 Å². The molecule has 0 aliphatic rings. The predicted octanol–water partition coefficient (Wildman–Crippen LogP) is 0.735. The third-order valence-corrected chi connectivity index (χ3v) is 0. The van der Waals surface area contributed by atoms with Gasteiger partial charge in [-0.2, -0.15) is 0 Å². The van der Waals surface area contributed by atoms with Crippen molar-refractivity contribution in [2.24, 2.45) is 0 Å². The summed E-state index contributed by atoms with van der Waals surface area (Å²) in [6.07, 6.45) is 0. The van der Waals surface area contributed by atoms with Gasteiger partial charge in [-0.3, -0.25) is 0 Å². The zero-order chi connectivity index (χ0) is 12.0. The minimum Gasteiger partial charge on any atom is -0.512 e. The summed E-state index contributed by atoms with van der Waals surface area (Å²) in [5.41, 5.74) is 0. The van der Waals surface area contributed by atoms with E-state index in [1.807, 2.05) is 0 Å². The van der Waals surface area contributed by atoms with E-state index in [0.29, 0.717) is 0 Å². The van der Waals surface area contributed by atoms with Crippen molar-refractivity contribution < 1.29 is 34.1 Å². The van der Waals surface area contributed by atoms with Crippen LogP contribution in [0.1, 0.15) is 0 Å². The van der Waals surface area contributed by atoms with Gasteiger partial charge in [0.05, 0.1) is 0 Å². The molecule has 15 heavy (non-hydrogen) atoms. The average Bonchev–Trinajstić information content (AvgIpc) is 2.33. The molecule has 0 saturated carbocycles. The standard InChI is InChI=1S/6CN.2Fe.H3N/c6*1-2;;;/h;;;;;;;;1H3/q6*-1;;+6;. The summed E-state index contributed by atoms with van der Waals surface area (Å²) in [5.74, 6) is 0. The second-order valence-electron chi connectivity index (χ2n) is 0. The zero-order valence-corrected chi connectivity index (χ0v) is 9.31. The van der Waals surface area contributed by atoms with Gasteiger partial charge in [-0.25, -0.2) is 0 Å². The molecule has 0 unspecified atom stereocenters. The monoisotopic (exact) mass is 285 g/mol. The molecule has 0 spiro atoms. The van der Waals surface area contributed by atoms with E-state index in [4.69, 9.17) is 71.0 Å². The van der Waals surface area contributed by atoms with Crippen molar-refractivity contribution in [2.75, 3.05) is 0 Å². The van der Waals surface area contributed by atoms with Crippen molar-refractivity contribution in [3.05, 3.63) is 39.4 Å². The maximum absolute atomic E-state index is 6.25. The molecule has 0 saturated heterocycles. The maximum Gasteiger partial charge on any atom is 6.00 e. The summed E-state index contributed by atoms with van der Waals surface area (Å²) in [4.78, 5) is 0. The predicted molar refractivity (Wildman–Crippen MR) is 34.8 cm³/mol. The fraction of sp³-hybridized carbons (Fsp3) is 0. The fourth-order valence-corrected chi connectivity index (χ4v) is 0. The minimum absolute atomic E-state index is 0. The molecule has 7 nitrogen and oxygen atoms in total. The molecular weight excluding hydrogens is 282 g/mol. The van der Waals surface area contributed by atoms with Crippen molar-refractivity contribution in [1.82, 2.24) is 6.15 Å². The molecule has 0 fully saturated rings. The Morgan fingerprint density at radius 3 is 0.400 bits per heavy atom. The first kappa shape index (κ1) is 119. The van der Waals surface area contributed by atoms with Crippen molar-refractivity contribution in [3.8, 4) is 0 Å². The van der Waals surface area contributed by atoms with Gasteiger partial charge in [0.2, 0.25) is 0 Å². The molecule has 0 radical (unpaired) electrons. The van der Waals surface area contributed by atoms with Crippen LogP contribution < -0.4 is 6.15 Å². The Hall–Kier alpha value is -2.06. The van der Waals surface area contributed by atoms with Gasteiger partial charge in [0.1, 0.15) is 0 Å². The number of nitrogens with zero attached hydrogens (tertiary/aromatic N) is 6. The summed E-state index contributed by atoms with van der Waals surface area (Å²) in [5, 5.41) is 37.5. The molecular formula is C6H3Fe2N7. The summed E-state index contributed by atoms with van der Waals surface area (Å²) in [6, 6.07) is 0. The number of hydrogen-bond donors (Lipinski definition) is 1. The van der Waals surface area contributed by atoms with Crippen LogP contribution in [0.15, 0.2) is 0 Å². The van der Waals surface area contributed by atoms with Gasteiger partial charge < -0.3 is 77.2 Å². The van der Waals surface area contributed by atoms with Gasteiger partial charge in [0.15, 0.2) is 0 Å². The molecule has 0 aromatic heterocycles. The third-order valence-electron chi connectivity index (χ3n) is 0. The van der Waals surface area contributed by atoms with Crippen LogP contribution in [0.4, 0.5) is 0 Å². The van der Waals surface area contributed by atoms with Crippen LogP contribution in [0.3, 0.4) is 0 Å². The average molecular weight is 285 g/mol. The van der Waals surface area contributed by atoms with Gasteiger partial charge >= 0.3 is 17.1 Å². The Morgan fingerprint density at radius 2 is 0.400 bits per heavy atom. The largest absolute Gasteiger partial charge is 6.00 e. The van der Waals surface area contributed by atoms with Crippen molar-refractivity contribution in [3.63, 3.8) is 0 Å². The molecule has 9 heteroatoms. The van der Waals surface area contributed by atoms with Crippen LogP contribution in [0.2, 0.25) is 0 Å². The summed E-state index contributed by atoms with van der Waals surface area (Å²) in [7, 11) is 0. The van der Waals surface area contributed by atoms with Gasteiger partial charge in [-0.05, 0) is 0 Å². The first-order valence-electron chi connectivity index (χ1n) is 1.34. The van der Waals surface area contributed by atoms with Gasteiger partial charge in [-0.1, -0.05) is 0 Å². The van der Waals surface area contributed by atoms with Crippen molar-refractivity contribution in [1.29, 1.82) is 31.6 Å². The van der Waals surface area contributed by atoms with Crippen LogP contribution in [-0.2, 0) is 34.1 Å². The summed E-state index contributed by atoms with van der Waals surface area (Å²) in [6.45, 7) is 28.5. The van der Waals surface area contributed by atoms with Gasteiger partial charge in [0.25, 0.3) is 0 Å². The Bertz CT molecular complexity index is 96.5. The Morgan fingerprint density at radius 1 is 0.400 bits per heavy atom. The SMILES string of the molecule is N.[C-]#N.[C-]#N.[C-]#N.[C-]#N.[C-]#N.[C-]#N.[Fe+6].[Fe]. The van der Waals surface area contributed by atoms with Crippen LogP contribution >= 0.6 is 0 Å². The second-order valence-corrected chi connectivity index (χ2v) is 0.